The Kier molecular flexibility index (Phi) is 5.57. The van der Waals surface area contributed by atoms with Crippen LogP contribution in [0.15, 0.2) is 47.9 Å². The minimum Gasteiger partial charge on any atom is -0.493 e. The fourth-order valence-electron chi connectivity index (χ4n) is 3.67. The van der Waals surface area contributed by atoms with Gasteiger partial charge < -0.3 is 20.8 Å². The summed E-state index contributed by atoms with van der Waals surface area (Å²) < 4.78 is 19.5. The lowest BCUT2D eigenvalue weighted by atomic mass is 10.0. The summed E-state index contributed by atoms with van der Waals surface area (Å²) in [6, 6.07) is 7.18. The summed E-state index contributed by atoms with van der Waals surface area (Å²) >= 11 is 0. The molecule has 29 heavy (non-hydrogen) atoms. The van der Waals surface area contributed by atoms with Crippen LogP contribution in [0.5, 0.6) is 5.75 Å². The van der Waals surface area contributed by atoms with Gasteiger partial charge in [-0.1, -0.05) is 12.1 Å². The number of ether oxygens (including phenoxy) is 1. The van der Waals surface area contributed by atoms with E-state index in [0.717, 1.165) is 48.0 Å². The van der Waals surface area contributed by atoms with Crippen molar-refractivity contribution >= 4 is 22.8 Å². The van der Waals surface area contributed by atoms with Gasteiger partial charge in [0.2, 0.25) is 0 Å². The van der Waals surface area contributed by atoms with E-state index in [9.17, 15) is 4.39 Å². The quantitative estimate of drug-likeness (QED) is 0.579. The molecule has 0 unspecified atom stereocenters. The summed E-state index contributed by atoms with van der Waals surface area (Å²) in [5, 5.41) is 4.20. The number of para-hydroxylation sites is 1. The molecule has 7 heteroatoms. The maximum absolute atomic E-state index is 14.2. The van der Waals surface area contributed by atoms with Crippen molar-refractivity contribution in [3.63, 3.8) is 0 Å². The Morgan fingerprint density at radius 3 is 2.90 bits per heavy atom. The van der Waals surface area contributed by atoms with E-state index in [1.165, 1.54) is 13.2 Å². The van der Waals surface area contributed by atoms with Gasteiger partial charge in [0.1, 0.15) is 5.65 Å². The second-order valence-corrected chi connectivity index (χ2v) is 7.02. The van der Waals surface area contributed by atoms with Gasteiger partial charge in [0.25, 0.3) is 0 Å². The first kappa shape index (κ1) is 19.1. The van der Waals surface area contributed by atoms with Crippen molar-refractivity contribution < 1.29 is 9.13 Å². The number of piperidine rings is 1. The highest BCUT2D eigenvalue weighted by atomic mass is 19.1. The van der Waals surface area contributed by atoms with Gasteiger partial charge in [-0.05, 0) is 38.1 Å². The molecule has 0 radical (unpaired) electrons. The fraction of sp³-hybridized carbons (Fsp3) is 0.273. The van der Waals surface area contributed by atoms with Crippen molar-refractivity contribution in [3.05, 3.63) is 54.2 Å². The van der Waals surface area contributed by atoms with Crippen LogP contribution in [0.25, 0.3) is 27.7 Å². The number of hydrogen-bond acceptors (Lipinski definition) is 5. The number of hydrogen-bond donors (Lipinski definition) is 3. The normalized spacial score (nSPS) is 16.0. The molecular weight excluding hydrogens is 369 g/mol. The molecule has 3 heterocycles. The number of allylic oxidation sites excluding steroid dienone is 1. The molecule has 3 aromatic rings. The fourth-order valence-corrected chi connectivity index (χ4v) is 3.67. The number of aromatic amines is 1. The van der Waals surface area contributed by atoms with Crippen LogP contribution in [-0.4, -0.2) is 42.4 Å². The highest BCUT2D eigenvalue weighted by Gasteiger charge is 2.16. The van der Waals surface area contributed by atoms with Crippen LogP contribution in [0, 0.1) is 5.82 Å². The molecule has 1 fully saturated rings. The Morgan fingerprint density at radius 1 is 1.31 bits per heavy atom. The highest BCUT2D eigenvalue weighted by molar-refractivity contribution is 6.11. The first-order valence-electron chi connectivity index (χ1n) is 9.67. The molecule has 6 nitrogen and oxygen atoms in total. The summed E-state index contributed by atoms with van der Waals surface area (Å²) in [4.78, 5) is 12.4. The second-order valence-electron chi connectivity index (χ2n) is 7.02. The van der Waals surface area contributed by atoms with Gasteiger partial charge in [0.15, 0.2) is 11.6 Å². The van der Waals surface area contributed by atoms with E-state index in [1.54, 1.807) is 18.5 Å². The number of methoxy groups -OCH3 is 1. The average Bonchev–Trinajstić information content (AvgIpc) is 3.18. The van der Waals surface area contributed by atoms with E-state index in [0.29, 0.717) is 17.3 Å². The van der Waals surface area contributed by atoms with Crippen molar-refractivity contribution in [3.8, 4) is 16.9 Å². The summed E-state index contributed by atoms with van der Waals surface area (Å²) in [6.45, 7) is 1.97. The highest BCUT2D eigenvalue weighted by Crippen LogP contribution is 2.36. The Bertz CT molecular complexity index is 1070. The monoisotopic (exact) mass is 393 g/mol. The number of nitrogens with one attached hydrogen (secondary N) is 2. The Labute approximate surface area is 168 Å². The number of nitrogens with two attached hydrogens (primary N) is 1. The molecule has 150 valence electrons. The zero-order valence-corrected chi connectivity index (χ0v) is 16.3. The summed E-state index contributed by atoms with van der Waals surface area (Å²) in [6.07, 6.45) is 8.99. The molecule has 0 spiro atoms. The molecule has 2 aromatic heterocycles. The zero-order valence-electron chi connectivity index (χ0n) is 16.3. The van der Waals surface area contributed by atoms with Crippen LogP contribution >= 0.6 is 0 Å². The smallest absolute Gasteiger partial charge is 0.165 e. The molecule has 0 atom stereocenters. The molecule has 0 saturated carbocycles. The SMILES string of the molecule is COc1c(F)cccc1-c1c[nH]c2ncc(C(C=NC3CCNCC3)=CN)cc12. The minimum absolute atomic E-state index is 0.209. The van der Waals surface area contributed by atoms with Crippen molar-refractivity contribution in [2.75, 3.05) is 20.2 Å². The van der Waals surface area contributed by atoms with Crippen molar-refractivity contribution in [2.45, 2.75) is 18.9 Å². The molecule has 1 aliphatic rings. The molecule has 0 bridgehead atoms. The Hall–Kier alpha value is -3.19. The lowest BCUT2D eigenvalue weighted by molar-refractivity contribution is 0.388. The lowest BCUT2D eigenvalue weighted by Gasteiger charge is -2.18. The summed E-state index contributed by atoms with van der Waals surface area (Å²) in [5.74, 6) is -0.194. The van der Waals surface area contributed by atoms with Gasteiger partial charge in [-0.2, -0.15) is 0 Å². The number of H-pyrrole nitrogens is 1. The number of aliphatic imine (C=N–C) groups is 1. The van der Waals surface area contributed by atoms with E-state index >= 15 is 0 Å². The Balaban J connectivity index is 1.71. The zero-order chi connectivity index (χ0) is 20.2. The number of pyridine rings is 1. The largest absolute Gasteiger partial charge is 0.493 e. The number of nitrogens with zero attached hydrogens (tertiary/aromatic N) is 2. The molecule has 4 rings (SSSR count). The Morgan fingerprint density at radius 2 is 2.14 bits per heavy atom. The molecular formula is C22H24FN5O. The number of rotatable bonds is 5. The summed E-state index contributed by atoms with van der Waals surface area (Å²) in [7, 11) is 1.47. The molecule has 1 aliphatic heterocycles. The van der Waals surface area contributed by atoms with Crippen molar-refractivity contribution in [1.29, 1.82) is 0 Å². The van der Waals surface area contributed by atoms with E-state index in [1.807, 2.05) is 24.5 Å². The van der Waals surface area contributed by atoms with Crippen LogP contribution in [0.2, 0.25) is 0 Å². The van der Waals surface area contributed by atoms with E-state index in [-0.39, 0.29) is 5.75 Å². The van der Waals surface area contributed by atoms with Crippen LogP contribution in [-0.2, 0) is 0 Å². The standard InChI is InChI=1S/C22H24FN5O/c1-29-21-17(3-2-4-20(21)23)19-13-28-22-18(19)9-14(11-27-22)15(10-24)12-26-16-5-7-25-8-6-16/h2-4,9-13,16,25H,5-8,24H2,1H3,(H,27,28). The van der Waals surface area contributed by atoms with Gasteiger partial charge in [0, 0.05) is 52.5 Å². The van der Waals surface area contributed by atoms with Crippen molar-refractivity contribution in [1.82, 2.24) is 15.3 Å². The van der Waals surface area contributed by atoms with Gasteiger partial charge in [-0.15, -0.1) is 0 Å². The molecule has 4 N–H and O–H groups in total. The maximum atomic E-state index is 14.2. The number of fused-ring (bicyclic) bond motifs is 1. The number of halogens is 1. The topological polar surface area (TPSA) is 88.3 Å². The predicted molar refractivity (Wildman–Crippen MR) is 115 cm³/mol. The van der Waals surface area contributed by atoms with Gasteiger partial charge >= 0.3 is 0 Å². The van der Waals surface area contributed by atoms with Gasteiger partial charge in [-0.3, -0.25) is 4.99 Å². The van der Waals surface area contributed by atoms with Crippen LogP contribution in [0.1, 0.15) is 18.4 Å². The van der Waals surface area contributed by atoms with E-state index in [4.69, 9.17) is 15.5 Å². The summed E-state index contributed by atoms with van der Waals surface area (Å²) in [5.41, 5.74) is 9.73. The third kappa shape index (κ3) is 3.86. The minimum atomic E-state index is -0.403. The van der Waals surface area contributed by atoms with E-state index < -0.39 is 5.82 Å². The second kappa shape index (κ2) is 8.45. The first-order chi connectivity index (χ1) is 14.2. The predicted octanol–water partition coefficient (Wildman–Crippen LogP) is 3.50. The van der Waals surface area contributed by atoms with Gasteiger partial charge in [0.05, 0.1) is 13.2 Å². The number of aromatic nitrogens is 2. The van der Waals surface area contributed by atoms with Crippen molar-refractivity contribution in [2.24, 2.45) is 10.7 Å². The van der Waals surface area contributed by atoms with E-state index in [2.05, 4.69) is 15.3 Å². The molecule has 1 saturated heterocycles. The van der Waals surface area contributed by atoms with Crippen LogP contribution in [0.3, 0.4) is 0 Å². The third-order valence-corrected chi connectivity index (χ3v) is 5.24. The molecule has 0 amide bonds. The first-order valence-corrected chi connectivity index (χ1v) is 9.67. The lowest BCUT2D eigenvalue weighted by Crippen LogP contribution is -2.29. The maximum Gasteiger partial charge on any atom is 0.165 e. The third-order valence-electron chi connectivity index (χ3n) is 5.24. The van der Waals surface area contributed by atoms with Crippen LogP contribution < -0.4 is 15.8 Å². The van der Waals surface area contributed by atoms with Crippen LogP contribution in [0.4, 0.5) is 4.39 Å². The van der Waals surface area contributed by atoms with Gasteiger partial charge in [-0.25, -0.2) is 9.37 Å². The molecule has 0 aliphatic carbocycles. The number of benzene rings is 1. The average molecular weight is 393 g/mol. The molecule has 1 aromatic carbocycles.